The van der Waals surface area contributed by atoms with Gasteiger partial charge in [0.2, 0.25) is 0 Å². The fraction of sp³-hybridized carbons (Fsp3) is 0.154. The molecule has 0 bridgehead atoms. The Hall–Kier alpha value is -1.97. The molecular formula is C13H12F2N2. The van der Waals surface area contributed by atoms with Gasteiger partial charge in [0.25, 0.3) is 0 Å². The van der Waals surface area contributed by atoms with Crippen LogP contribution in [0.25, 0.3) is 11.1 Å². The van der Waals surface area contributed by atoms with Gasteiger partial charge in [0.15, 0.2) is 0 Å². The van der Waals surface area contributed by atoms with Crippen molar-refractivity contribution in [3.63, 3.8) is 0 Å². The lowest BCUT2D eigenvalue weighted by Gasteiger charge is -2.09. The third-order valence-electron chi connectivity index (χ3n) is 2.65. The van der Waals surface area contributed by atoms with Gasteiger partial charge in [-0.15, -0.1) is 0 Å². The van der Waals surface area contributed by atoms with Crippen LogP contribution in [0.4, 0.5) is 14.6 Å². The van der Waals surface area contributed by atoms with E-state index < -0.39 is 11.6 Å². The van der Waals surface area contributed by atoms with E-state index in [0.29, 0.717) is 28.2 Å². The number of aryl methyl sites for hydroxylation is 2. The Labute approximate surface area is 98.1 Å². The quantitative estimate of drug-likeness (QED) is 0.822. The molecule has 0 radical (unpaired) electrons. The van der Waals surface area contributed by atoms with Crippen LogP contribution in [0.15, 0.2) is 24.3 Å². The zero-order chi connectivity index (χ0) is 12.6. The zero-order valence-corrected chi connectivity index (χ0v) is 9.59. The lowest BCUT2D eigenvalue weighted by atomic mass is 10.0. The predicted octanol–water partition coefficient (Wildman–Crippen LogP) is 3.23. The molecule has 0 atom stereocenters. The van der Waals surface area contributed by atoms with Crippen molar-refractivity contribution >= 4 is 5.82 Å². The summed E-state index contributed by atoms with van der Waals surface area (Å²) in [6.45, 7) is 3.34. The summed E-state index contributed by atoms with van der Waals surface area (Å²) in [5, 5.41) is 0. The van der Waals surface area contributed by atoms with E-state index in [1.807, 2.05) is 0 Å². The molecule has 0 saturated carbocycles. The van der Waals surface area contributed by atoms with Gasteiger partial charge in [-0.1, -0.05) is 0 Å². The van der Waals surface area contributed by atoms with Gasteiger partial charge < -0.3 is 5.73 Å². The van der Waals surface area contributed by atoms with Crippen LogP contribution in [-0.2, 0) is 0 Å². The summed E-state index contributed by atoms with van der Waals surface area (Å²) in [7, 11) is 0. The second kappa shape index (κ2) is 4.13. The van der Waals surface area contributed by atoms with Crippen LogP contribution in [0.5, 0.6) is 0 Å². The minimum Gasteiger partial charge on any atom is -0.384 e. The molecule has 1 aromatic heterocycles. The molecular weight excluding hydrogens is 222 g/mol. The van der Waals surface area contributed by atoms with E-state index in [1.165, 1.54) is 6.07 Å². The minimum absolute atomic E-state index is 0.342. The van der Waals surface area contributed by atoms with E-state index in [0.717, 1.165) is 6.07 Å². The Morgan fingerprint density at radius 2 is 1.71 bits per heavy atom. The summed E-state index contributed by atoms with van der Waals surface area (Å²) >= 11 is 0. The van der Waals surface area contributed by atoms with Crippen LogP contribution < -0.4 is 5.73 Å². The lowest BCUT2D eigenvalue weighted by molar-refractivity contribution is 0.579. The number of benzene rings is 1. The molecule has 0 saturated heterocycles. The zero-order valence-electron chi connectivity index (χ0n) is 9.59. The summed E-state index contributed by atoms with van der Waals surface area (Å²) in [6.07, 6.45) is 0. The molecule has 2 N–H and O–H groups in total. The van der Waals surface area contributed by atoms with Crippen LogP contribution in [0.1, 0.15) is 11.3 Å². The van der Waals surface area contributed by atoms with E-state index in [-0.39, 0.29) is 0 Å². The minimum atomic E-state index is -0.595. The van der Waals surface area contributed by atoms with Crippen molar-refractivity contribution in [2.75, 3.05) is 5.73 Å². The highest BCUT2D eigenvalue weighted by Gasteiger charge is 2.11. The molecule has 0 aliphatic heterocycles. The van der Waals surface area contributed by atoms with Crippen molar-refractivity contribution in [1.29, 1.82) is 0 Å². The lowest BCUT2D eigenvalue weighted by Crippen LogP contribution is -1.97. The molecule has 2 rings (SSSR count). The maximum absolute atomic E-state index is 13.7. The summed E-state index contributed by atoms with van der Waals surface area (Å²) in [5.74, 6) is -0.763. The average molecular weight is 234 g/mol. The highest BCUT2D eigenvalue weighted by atomic mass is 19.1. The number of aromatic nitrogens is 1. The maximum Gasteiger partial charge on any atom is 0.134 e. The molecule has 88 valence electrons. The number of nitrogens with zero attached hydrogens (tertiary/aromatic N) is 1. The van der Waals surface area contributed by atoms with E-state index in [4.69, 9.17) is 5.73 Å². The van der Waals surface area contributed by atoms with Crippen molar-refractivity contribution in [2.45, 2.75) is 13.8 Å². The number of hydrogen-bond acceptors (Lipinski definition) is 2. The van der Waals surface area contributed by atoms with Crippen molar-refractivity contribution in [3.8, 4) is 11.1 Å². The average Bonchev–Trinajstić information content (AvgIpc) is 2.24. The molecule has 0 amide bonds. The normalized spacial score (nSPS) is 10.6. The predicted molar refractivity (Wildman–Crippen MR) is 63.5 cm³/mol. The van der Waals surface area contributed by atoms with E-state index >= 15 is 0 Å². The number of hydrogen-bond donors (Lipinski definition) is 1. The first kappa shape index (κ1) is 11.5. The largest absolute Gasteiger partial charge is 0.384 e. The fourth-order valence-electron chi connectivity index (χ4n) is 1.73. The van der Waals surface area contributed by atoms with Gasteiger partial charge >= 0.3 is 0 Å². The van der Waals surface area contributed by atoms with Gasteiger partial charge in [-0.3, -0.25) is 0 Å². The first-order valence-electron chi connectivity index (χ1n) is 5.18. The van der Waals surface area contributed by atoms with Gasteiger partial charge in [-0.05, 0) is 37.6 Å². The second-order valence-corrected chi connectivity index (χ2v) is 3.95. The Balaban J connectivity index is 2.64. The van der Waals surface area contributed by atoms with Gasteiger partial charge in [0.05, 0.1) is 0 Å². The number of nitrogens with two attached hydrogens (primary N) is 1. The topological polar surface area (TPSA) is 38.9 Å². The molecule has 2 nitrogen and oxygen atoms in total. The van der Waals surface area contributed by atoms with E-state index in [1.54, 1.807) is 26.0 Å². The van der Waals surface area contributed by atoms with Gasteiger partial charge in [0.1, 0.15) is 17.5 Å². The van der Waals surface area contributed by atoms with Gasteiger partial charge in [0, 0.05) is 22.9 Å². The first-order chi connectivity index (χ1) is 7.99. The molecule has 0 aliphatic rings. The van der Waals surface area contributed by atoms with Crippen LogP contribution in [0.3, 0.4) is 0 Å². The number of pyridine rings is 1. The number of anilines is 1. The van der Waals surface area contributed by atoms with Crippen LogP contribution >= 0.6 is 0 Å². The van der Waals surface area contributed by atoms with Crippen LogP contribution in [0, 0.1) is 25.5 Å². The Morgan fingerprint density at radius 1 is 1.00 bits per heavy atom. The highest BCUT2D eigenvalue weighted by Crippen LogP contribution is 2.27. The Morgan fingerprint density at radius 3 is 2.35 bits per heavy atom. The molecule has 1 aromatic carbocycles. The molecule has 17 heavy (non-hydrogen) atoms. The van der Waals surface area contributed by atoms with Crippen molar-refractivity contribution in [2.24, 2.45) is 0 Å². The first-order valence-corrected chi connectivity index (χ1v) is 5.18. The van der Waals surface area contributed by atoms with Crippen molar-refractivity contribution in [1.82, 2.24) is 4.98 Å². The molecule has 0 unspecified atom stereocenters. The van der Waals surface area contributed by atoms with E-state index in [9.17, 15) is 8.78 Å². The maximum atomic E-state index is 13.7. The summed E-state index contributed by atoms with van der Waals surface area (Å²) < 4.78 is 26.9. The molecule has 0 spiro atoms. The number of halogens is 2. The van der Waals surface area contributed by atoms with Crippen molar-refractivity contribution in [3.05, 3.63) is 47.2 Å². The summed E-state index contributed by atoms with van der Waals surface area (Å²) in [5.41, 5.74) is 7.52. The smallest absolute Gasteiger partial charge is 0.134 e. The monoisotopic (exact) mass is 234 g/mol. The van der Waals surface area contributed by atoms with Crippen LogP contribution in [0.2, 0.25) is 0 Å². The SMILES string of the molecule is Cc1cc(-c2ccc(N)nc2C)c(F)cc1F. The summed E-state index contributed by atoms with van der Waals surface area (Å²) in [4.78, 5) is 4.06. The molecule has 4 heteroatoms. The van der Waals surface area contributed by atoms with Crippen LogP contribution in [-0.4, -0.2) is 4.98 Å². The highest BCUT2D eigenvalue weighted by molar-refractivity contribution is 5.68. The second-order valence-electron chi connectivity index (χ2n) is 3.95. The third kappa shape index (κ3) is 2.11. The Kier molecular flexibility index (Phi) is 2.79. The standard InChI is InChI=1S/C13H12F2N2/c1-7-5-10(12(15)6-11(7)14)9-3-4-13(16)17-8(9)2/h3-6H,1-2H3,(H2,16,17). The molecule has 0 aliphatic carbocycles. The molecule has 1 heterocycles. The van der Waals surface area contributed by atoms with Gasteiger partial charge in [-0.2, -0.15) is 0 Å². The van der Waals surface area contributed by atoms with Gasteiger partial charge in [-0.25, -0.2) is 13.8 Å². The number of nitrogen functional groups attached to an aromatic ring is 1. The molecule has 0 fully saturated rings. The third-order valence-corrected chi connectivity index (χ3v) is 2.65. The molecule has 2 aromatic rings. The Bertz CT molecular complexity index is 580. The number of rotatable bonds is 1. The van der Waals surface area contributed by atoms with E-state index in [2.05, 4.69) is 4.98 Å². The van der Waals surface area contributed by atoms with Crippen molar-refractivity contribution < 1.29 is 8.78 Å². The fourth-order valence-corrected chi connectivity index (χ4v) is 1.73. The summed E-state index contributed by atoms with van der Waals surface area (Å²) in [6, 6.07) is 5.65.